The van der Waals surface area contributed by atoms with Crippen LogP contribution < -0.4 is 0 Å². The molecule has 0 spiro atoms. The highest BCUT2D eigenvalue weighted by atomic mass is 16.2. The number of hydrogen-bond acceptors (Lipinski definition) is 2. The maximum atomic E-state index is 11.9. The van der Waals surface area contributed by atoms with Gasteiger partial charge in [-0.05, 0) is 37.7 Å². The van der Waals surface area contributed by atoms with Crippen LogP contribution in [0.15, 0.2) is 6.20 Å². The van der Waals surface area contributed by atoms with E-state index in [1.165, 1.54) is 18.4 Å². The number of carbonyl (C=O) groups is 1. The van der Waals surface area contributed by atoms with Gasteiger partial charge in [0.05, 0.1) is 6.20 Å². The molecule has 1 fully saturated rings. The highest BCUT2D eigenvalue weighted by Crippen LogP contribution is 2.29. The molecule has 0 saturated heterocycles. The Kier molecular flexibility index (Phi) is 3.50. The third-order valence-electron chi connectivity index (χ3n) is 3.60. The maximum Gasteiger partial charge on any atom is 0.222 e. The van der Waals surface area contributed by atoms with Crippen molar-refractivity contribution in [1.29, 1.82) is 0 Å². The number of rotatable bonds is 5. The van der Waals surface area contributed by atoms with Gasteiger partial charge in [-0.25, -0.2) is 0 Å². The van der Waals surface area contributed by atoms with Crippen LogP contribution in [0.4, 0.5) is 0 Å². The molecule has 1 aromatic rings. The largest absolute Gasteiger partial charge is 0.345 e. The molecule has 0 bridgehead atoms. The average Bonchev–Trinajstić information content (AvgIpc) is 3.05. The van der Waals surface area contributed by atoms with E-state index < -0.39 is 0 Å². The van der Waals surface area contributed by atoms with Gasteiger partial charge in [0.1, 0.15) is 0 Å². The fraction of sp³-hybridized carbons (Fsp3) is 0.692. The first-order valence-electron chi connectivity index (χ1n) is 6.29. The first-order chi connectivity index (χ1) is 8.08. The normalized spacial score (nSPS) is 15.0. The van der Waals surface area contributed by atoms with Crippen LogP contribution in [0.1, 0.15) is 30.5 Å². The molecular formula is C13H21N3O. The average molecular weight is 235 g/mol. The van der Waals surface area contributed by atoms with Crippen LogP contribution in [0.25, 0.3) is 0 Å². The maximum absolute atomic E-state index is 11.9. The Balaban J connectivity index is 1.80. The Morgan fingerprint density at radius 3 is 2.82 bits per heavy atom. The number of aromatic nitrogens is 2. The van der Waals surface area contributed by atoms with Crippen LogP contribution in [-0.4, -0.2) is 34.2 Å². The van der Waals surface area contributed by atoms with Crippen LogP contribution in [0.5, 0.6) is 0 Å². The van der Waals surface area contributed by atoms with Crippen molar-refractivity contribution in [3.8, 4) is 0 Å². The molecule has 0 aromatic carbocycles. The number of aryl methyl sites for hydroxylation is 2. The second kappa shape index (κ2) is 4.90. The molecule has 0 atom stereocenters. The van der Waals surface area contributed by atoms with Crippen molar-refractivity contribution in [2.75, 3.05) is 13.6 Å². The van der Waals surface area contributed by atoms with Gasteiger partial charge in [-0.1, -0.05) is 0 Å². The first kappa shape index (κ1) is 12.1. The topological polar surface area (TPSA) is 38.1 Å². The van der Waals surface area contributed by atoms with Gasteiger partial charge in [-0.15, -0.1) is 0 Å². The van der Waals surface area contributed by atoms with Crippen molar-refractivity contribution >= 4 is 5.91 Å². The van der Waals surface area contributed by atoms with Gasteiger partial charge in [0, 0.05) is 32.8 Å². The monoisotopic (exact) mass is 235 g/mol. The van der Waals surface area contributed by atoms with Crippen molar-refractivity contribution in [1.82, 2.24) is 14.7 Å². The van der Waals surface area contributed by atoms with Crippen molar-refractivity contribution < 1.29 is 4.79 Å². The minimum Gasteiger partial charge on any atom is -0.345 e. The number of hydrogen-bond donors (Lipinski definition) is 0. The molecule has 1 saturated carbocycles. The van der Waals surface area contributed by atoms with Crippen LogP contribution in [0.2, 0.25) is 0 Å². The lowest BCUT2D eigenvalue weighted by atomic mass is 10.1. The van der Waals surface area contributed by atoms with E-state index in [4.69, 9.17) is 0 Å². The third kappa shape index (κ3) is 3.08. The smallest absolute Gasteiger partial charge is 0.222 e. The molecule has 1 aromatic heterocycles. The molecule has 1 amide bonds. The Morgan fingerprint density at radius 2 is 2.29 bits per heavy atom. The molecular weight excluding hydrogens is 214 g/mol. The molecule has 4 heteroatoms. The predicted octanol–water partition coefficient (Wildman–Crippen LogP) is 1.53. The lowest BCUT2D eigenvalue weighted by Gasteiger charge is -2.16. The molecule has 1 heterocycles. The van der Waals surface area contributed by atoms with Gasteiger partial charge >= 0.3 is 0 Å². The van der Waals surface area contributed by atoms with E-state index in [-0.39, 0.29) is 5.91 Å². The summed E-state index contributed by atoms with van der Waals surface area (Å²) < 4.78 is 1.85. The van der Waals surface area contributed by atoms with Gasteiger partial charge in [-0.3, -0.25) is 9.48 Å². The summed E-state index contributed by atoms with van der Waals surface area (Å²) in [6.45, 7) is 2.98. The first-order valence-corrected chi connectivity index (χ1v) is 6.29. The van der Waals surface area contributed by atoms with E-state index in [0.29, 0.717) is 6.42 Å². The summed E-state index contributed by atoms with van der Waals surface area (Å²) in [5.41, 5.74) is 2.34. The lowest BCUT2D eigenvalue weighted by molar-refractivity contribution is -0.130. The highest BCUT2D eigenvalue weighted by Gasteiger charge is 2.24. The number of amides is 1. The van der Waals surface area contributed by atoms with E-state index in [1.807, 2.05) is 36.8 Å². The Morgan fingerprint density at radius 1 is 1.59 bits per heavy atom. The van der Waals surface area contributed by atoms with Gasteiger partial charge in [0.2, 0.25) is 5.91 Å². The molecule has 17 heavy (non-hydrogen) atoms. The Bertz CT molecular complexity index is 407. The van der Waals surface area contributed by atoms with E-state index in [9.17, 15) is 4.79 Å². The summed E-state index contributed by atoms with van der Waals surface area (Å²) in [7, 11) is 3.84. The van der Waals surface area contributed by atoms with Crippen LogP contribution >= 0.6 is 0 Å². The zero-order valence-electron chi connectivity index (χ0n) is 10.9. The molecule has 0 aliphatic heterocycles. The van der Waals surface area contributed by atoms with E-state index in [0.717, 1.165) is 24.6 Å². The standard InChI is InChI=1S/C13H21N3O/c1-10-12(8-14-16(10)3)6-7-13(17)15(2)9-11-4-5-11/h8,11H,4-7,9H2,1-3H3. The quantitative estimate of drug-likeness (QED) is 0.776. The molecule has 0 unspecified atom stereocenters. The molecule has 0 radical (unpaired) electrons. The summed E-state index contributed by atoms with van der Waals surface area (Å²) in [5.74, 6) is 1.02. The zero-order valence-corrected chi connectivity index (χ0v) is 10.9. The number of nitrogens with zero attached hydrogens (tertiary/aromatic N) is 3. The summed E-state index contributed by atoms with van der Waals surface area (Å²) in [4.78, 5) is 13.8. The lowest BCUT2D eigenvalue weighted by Crippen LogP contribution is -2.28. The SMILES string of the molecule is Cc1c(CCC(=O)N(C)CC2CC2)cnn1C. The molecule has 2 rings (SSSR count). The molecule has 1 aliphatic rings. The third-order valence-corrected chi connectivity index (χ3v) is 3.60. The fourth-order valence-electron chi connectivity index (χ4n) is 2.01. The van der Waals surface area contributed by atoms with E-state index in [2.05, 4.69) is 5.10 Å². The minimum atomic E-state index is 0.250. The van der Waals surface area contributed by atoms with Gasteiger partial charge < -0.3 is 4.90 Å². The predicted molar refractivity (Wildman–Crippen MR) is 66.6 cm³/mol. The van der Waals surface area contributed by atoms with E-state index >= 15 is 0 Å². The van der Waals surface area contributed by atoms with Crippen LogP contribution in [0, 0.1) is 12.8 Å². The minimum absolute atomic E-state index is 0.250. The van der Waals surface area contributed by atoms with Crippen molar-refractivity contribution in [3.63, 3.8) is 0 Å². The van der Waals surface area contributed by atoms with Crippen molar-refractivity contribution in [2.24, 2.45) is 13.0 Å². The highest BCUT2D eigenvalue weighted by molar-refractivity contribution is 5.76. The van der Waals surface area contributed by atoms with Crippen molar-refractivity contribution in [3.05, 3.63) is 17.5 Å². The fourth-order valence-corrected chi connectivity index (χ4v) is 2.01. The summed E-state index contributed by atoms with van der Waals surface area (Å²) >= 11 is 0. The second-order valence-electron chi connectivity index (χ2n) is 5.10. The molecule has 0 N–H and O–H groups in total. The van der Waals surface area contributed by atoms with Gasteiger partial charge in [0.25, 0.3) is 0 Å². The summed E-state index contributed by atoms with van der Waals surface area (Å²) in [6.07, 6.45) is 5.84. The zero-order chi connectivity index (χ0) is 12.4. The summed E-state index contributed by atoms with van der Waals surface area (Å²) in [5, 5.41) is 4.19. The van der Waals surface area contributed by atoms with Crippen LogP contribution in [-0.2, 0) is 18.3 Å². The molecule has 4 nitrogen and oxygen atoms in total. The Labute approximate surface area is 103 Å². The molecule has 1 aliphatic carbocycles. The second-order valence-corrected chi connectivity index (χ2v) is 5.10. The number of carbonyl (C=O) groups excluding carboxylic acids is 1. The van der Waals surface area contributed by atoms with E-state index in [1.54, 1.807) is 0 Å². The van der Waals surface area contributed by atoms with Crippen LogP contribution in [0.3, 0.4) is 0 Å². The molecule has 94 valence electrons. The van der Waals surface area contributed by atoms with Crippen molar-refractivity contribution in [2.45, 2.75) is 32.6 Å². The van der Waals surface area contributed by atoms with Gasteiger partial charge in [-0.2, -0.15) is 5.10 Å². The Hall–Kier alpha value is -1.32. The van der Waals surface area contributed by atoms with Gasteiger partial charge in [0.15, 0.2) is 0 Å². The summed E-state index contributed by atoms with van der Waals surface area (Å²) in [6, 6.07) is 0.